The van der Waals surface area contributed by atoms with Crippen LogP contribution < -0.4 is 0 Å². The predicted octanol–water partition coefficient (Wildman–Crippen LogP) is 1.75. The summed E-state index contributed by atoms with van der Waals surface area (Å²) in [7, 11) is 0. The summed E-state index contributed by atoms with van der Waals surface area (Å²) in [5, 5.41) is 9.57. The van der Waals surface area contributed by atoms with Gasteiger partial charge in [0.2, 0.25) is 0 Å². The molecule has 0 aromatic heterocycles. The number of Topliss-reactive ketones (excluding diaryl/α,β-unsaturated/α-hetero) is 1. The molecule has 0 aliphatic carbocycles. The second-order valence-electron chi connectivity index (χ2n) is 3.45. The van der Waals surface area contributed by atoms with E-state index in [1.165, 1.54) is 6.07 Å². The lowest BCUT2D eigenvalue weighted by molar-refractivity contribution is -0.137. The van der Waals surface area contributed by atoms with E-state index in [-0.39, 0.29) is 17.9 Å². The minimum Gasteiger partial charge on any atom is -0.507 e. The van der Waals surface area contributed by atoms with Gasteiger partial charge < -0.3 is 9.84 Å². The average Bonchev–Trinajstić information content (AvgIpc) is 2.24. The van der Waals surface area contributed by atoms with Crippen LogP contribution in [0.1, 0.15) is 28.4 Å². The van der Waals surface area contributed by atoms with E-state index in [0.717, 1.165) is 5.56 Å². The van der Waals surface area contributed by atoms with E-state index < -0.39 is 11.8 Å². The largest absolute Gasteiger partial charge is 0.507 e. The number of phenols is 1. The van der Waals surface area contributed by atoms with Gasteiger partial charge >= 0.3 is 5.97 Å². The van der Waals surface area contributed by atoms with Gasteiger partial charge in [-0.1, -0.05) is 6.07 Å². The third kappa shape index (κ3) is 2.21. The summed E-state index contributed by atoms with van der Waals surface area (Å²) in [6, 6.07) is 3.08. The van der Waals surface area contributed by atoms with E-state index in [1.807, 2.05) is 0 Å². The Kier molecular flexibility index (Phi) is 3.66. The molecule has 4 heteroatoms. The average molecular weight is 222 g/mol. The summed E-state index contributed by atoms with van der Waals surface area (Å²) in [6.07, 6.45) is 0. The summed E-state index contributed by atoms with van der Waals surface area (Å²) in [5.74, 6) is -1.94. The molecule has 0 saturated carbocycles. The van der Waals surface area contributed by atoms with Crippen molar-refractivity contribution < 1.29 is 19.4 Å². The molecule has 1 rings (SSSR count). The number of aryl methyl sites for hydroxylation is 1. The van der Waals surface area contributed by atoms with Crippen molar-refractivity contribution >= 4 is 11.8 Å². The molecule has 1 aromatic carbocycles. The first-order valence-corrected chi connectivity index (χ1v) is 4.99. The van der Waals surface area contributed by atoms with Crippen molar-refractivity contribution in [3.05, 3.63) is 28.8 Å². The van der Waals surface area contributed by atoms with Crippen LogP contribution in [0.25, 0.3) is 0 Å². The first-order chi connectivity index (χ1) is 7.49. The zero-order valence-electron chi connectivity index (χ0n) is 9.53. The zero-order chi connectivity index (χ0) is 12.3. The Morgan fingerprint density at radius 3 is 2.50 bits per heavy atom. The lowest BCUT2D eigenvalue weighted by Gasteiger charge is -2.09. The highest BCUT2D eigenvalue weighted by Gasteiger charge is 2.23. The minimum atomic E-state index is -0.938. The van der Waals surface area contributed by atoms with E-state index in [2.05, 4.69) is 4.74 Å². The summed E-state index contributed by atoms with van der Waals surface area (Å²) in [6.45, 7) is 5.24. The van der Waals surface area contributed by atoms with Crippen molar-refractivity contribution in [1.82, 2.24) is 0 Å². The van der Waals surface area contributed by atoms with Crippen molar-refractivity contribution in [2.45, 2.75) is 20.8 Å². The van der Waals surface area contributed by atoms with Gasteiger partial charge in [0, 0.05) is 0 Å². The van der Waals surface area contributed by atoms with E-state index in [0.29, 0.717) is 5.56 Å². The number of esters is 1. The molecule has 16 heavy (non-hydrogen) atoms. The molecular weight excluding hydrogens is 208 g/mol. The number of ketones is 1. The summed E-state index contributed by atoms with van der Waals surface area (Å²) in [4.78, 5) is 23.0. The molecule has 0 amide bonds. The Labute approximate surface area is 93.9 Å². The summed E-state index contributed by atoms with van der Waals surface area (Å²) >= 11 is 0. The predicted molar refractivity (Wildman–Crippen MR) is 58.5 cm³/mol. The second-order valence-corrected chi connectivity index (χ2v) is 3.45. The van der Waals surface area contributed by atoms with Crippen LogP contribution in [-0.4, -0.2) is 23.5 Å². The monoisotopic (exact) mass is 222 g/mol. The minimum absolute atomic E-state index is 0.0263. The number of phenolic OH excluding ortho intramolecular Hbond substituents is 1. The van der Waals surface area contributed by atoms with Crippen LogP contribution in [-0.2, 0) is 9.53 Å². The molecule has 4 nitrogen and oxygen atoms in total. The SMILES string of the molecule is CCOC(=O)C(=O)c1c(O)ccc(C)c1C. The van der Waals surface area contributed by atoms with Gasteiger partial charge in [0.15, 0.2) is 0 Å². The maximum absolute atomic E-state index is 11.7. The van der Waals surface area contributed by atoms with Crippen LogP contribution in [0.4, 0.5) is 0 Å². The Hall–Kier alpha value is -1.84. The topological polar surface area (TPSA) is 63.6 Å². The molecule has 0 aliphatic rings. The van der Waals surface area contributed by atoms with Gasteiger partial charge in [0.1, 0.15) is 5.75 Å². The number of carbonyl (C=O) groups is 2. The van der Waals surface area contributed by atoms with Gasteiger partial charge in [-0.05, 0) is 38.0 Å². The zero-order valence-corrected chi connectivity index (χ0v) is 9.53. The highest BCUT2D eigenvalue weighted by atomic mass is 16.5. The van der Waals surface area contributed by atoms with Gasteiger partial charge in [-0.2, -0.15) is 0 Å². The van der Waals surface area contributed by atoms with Crippen LogP contribution in [0.2, 0.25) is 0 Å². The van der Waals surface area contributed by atoms with Crippen molar-refractivity contribution in [3.8, 4) is 5.75 Å². The van der Waals surface area contributed by atoms with Gasteiger partial charge in [0.05, 0.1) is 12.2 Å². The van der Waals surface area contributed by atoms with Crippen LogP contribution in [0.15, 0.2) is 12.1 Å². The van der Waals surface area contributed by atoms with E-state index in [1.54, 1.807) is 26.8 Å². The third-order valence-corrected chi connectivity index (χ3v) is 2.40. The molecular formula is C12H14O4. The van der Waals surface area contributed by atoms with Crippen LogP contribution >= 0.6 is 0 Å². The smallest absolute Gasteiger partial charge is 0.379 e. The fraction of sp³-hybridized carbons (Fsp3) is 0.333. The number of hydrogen-bond acceptors (Lipinski definition) is 4. The fourth-order valence-corrected chi connectivity index (χ4v) is 1.39. The molecule has 0 heterocycles. The number of benzene rings is 1. The van der Waals surface area contributed by atoms with Crippen LogP contribution in [0, 0.1) is 13.8 Å². The van der Waals surface area contributed by atoms with Crippen molar-refractivity contribution in [2.24, 2.45) is 0 Å². The highest BCUT2D eigenvalue weighted by Crippen LogP contribution is 2.24. The standard InChI is InChI=1S/C12H14O4/c1-4-16-12(15)11(14)10-8(3)7(2)5-6-9(10)13/h5-6,13H,4H2,1-3H3. The van der Waals surface area contributed by atoms with Gasteiger partial charge in [-0.25, -0.2) is 4.79 Å². The molecule has 0 fully saturated rings. The van der Waals surface area contributed by atoms with Gasteiger partial charge in [-0.15, -0.1) is 0 Å². The lowest BCUT2D eigenvalue weighted by Crippen LogP contribution is -2.19. The molecule has 0 saturated heterocycles. The quantitative estimate of drug-likeness (QED) is 0.481. The molecule has 0 unspecified atom stereocenters. The number of aromatic hydroxyl groups is 1. The third-order valence-electron chi connectivity index (χ3n) is 2.40. The number of ether oxygens (including phenoxy) is 1. The molecule has 0 atom stereocenters. The summed E-state index contributed by atoms with van der Waals surface area (Å²) in [5.41, 5.74) is 1.46. The van der Waals surface area contributed by atoms with Crippen LogP contribution in [0.3, 0.4) is 0 Å². The van der Waals surface area contributed by atoms with Gasteiger partial charge in [-0.3, -0.25) is 4.79 Å². The molecule has 0 radical (unpaired) electrons. The first kappa shape index (κ1) is 12.2. The van der Waals surface area contributed by atoms with Crippen LogP contribution in [0.5, 0.6) is 5.75 Å². The second kappa shape index (κ2) is 4.79. The fourth-order valence-electron chi connectivity index (χ4n) is 1.39. The molecule has 0 bridgehead atoms. The van der Waals surface area contributed by atoms with Crippen molar-refractivity contribution in [3.63, 3.8) is 0 Å². The van der Waals surface area contributed by atoms with E-state index in [9.17, 15) is 14.7 Å². The number of carbonyl (C=O) groups excluding carboxylic acids is 2. The van der Waals surface area contributed by atoms with Crippen molar-refractivity contribution in [1.29, 1.82) is 0 Å². The van der Waals surface area contributed by atoms with Crippen molar-refractivity contribution in [2.75, 3.05) is 6.61 Å². The molecule has 1 aromatic rings. The van der Waals surface area contributed by atoms with E-state index >= 15 is 0 Å². The molecule has 86 valence electrons. The molecule has 1 N–H and O–H groups in total. The maximum Gasteiger partial charge on any atom is 0.379 e. The van der Waals surface area contributed by atoms with Gasteiger partial charge in [0.25, 0.3) is 5.78 Å². The number of hydrogen-bond donors (Lipinski definition) is 1. The highest BCUT2D eigenvalue weighted by molar-refractivity contribution is 6.41. The normalized spacial score (nSPS) is 9.94. The number of rotatable bonds is 3. The molecule has 0 spiro atoms. The first-order valence-electron chi connectivity index (χ1n) is 4.99. The maximum atomic E-state index is 11.7. The Balaban J connectivity index is 3.18. The molecule has 0 aliphatic heterocycles. The Morgan fingerprint density at radius 2 is 1.94 bits per heavy atom. The Bertz CT molecular complexity index is 435. The lowest BCUT2D eigenvalue weighted by atomic mass is 9.99. The summed E-state index contributed by atoms with van der Waals surface area (Å²) < 4.78 is 4.61. The van der Waals surface area contributed by atoms with E-state index in [4.69, 9.17) is 0 Å². The Morgan fingerprint density at radius 1 is 1.31 bits per heavy atom.